The first-order valence-corrected chi connectivity index (χ1v) is 6.96. The number of ether oxygens (including phenoxy) is 2. The van der Waals surface area contributed by atoms with Gasteiger partial charge in [-0.1, -0.05) is 29.8 Å². The Morgan fingerprint density at radius 3 is 2.30 bits per heavy atom. The van der Waals surface area contributed by atoms with Crippen LogP contribution in [0.15, 0.2) is 48.5 Å². The summed E-state index contributed by atoms with van der Waals surface area (Å²) in [6.07, 6.45) is -0.262. The van der Waals surface area contributed by atoms with Crippen LogP contribution in [0.25, 0.3) is 0 Å². The van der Waals surface area contributed by atoms with Crippen molar-refractivity contribution in [3.8, 4) is 11.5 Å². The van der Waals surface area contributed by atoms with Crippen molar-refractivity contribution in [1.29, 1.82) is 0 Å². The van der Waals surface area contributed by atoms with E-state index in [-0.39, 0.29) is 6.10 Å². The second kappa shape index (κ2) is 7.17. The summed E-state index contributed by atoms with van der Waals surface area (Å²) in [7, 11) is 0. The Kier molecular flexibility index (Phi) is 5.27. The fourth-order valence-electron chi connectivity index (χ4n) is 1.92. The van der Waals surface area contributed by atoms with E-state index in [2.05, 4.69) is 0 Å². The largest absolute Gasteiger partial charge is 0.494 e. The lowest BCUT2D eigenvalue weighted by Crippen LogP contribution is -2.18. The Bertz CT molecular complexity index is 542. The van der Waals surface area contributed by atoms with Crippen LogP contribution < -0.4 is 15.2 Å². The smallest absolute Gasteiger partial charge is 0.137 e. The number of hydrogen-bond donors (Lipinski definition) is 1. The summed E-state index contributed by atoms with van der Waals surface area (Å²) in [5, 5.41) is 0.661. The van der Waals surface area contributed by atoms with Crippen LogP contribution in [0.4, 0.5) is 0 Å². The molecule has 0 spiro atoms. The van der Waals surface area contributed by atoms with Crippen LogP contribution in [0.3, 0.4) is 0 Å². The molecule has 0 fully saturated rings. The zero-order valence-corrected chi connectivity index (χ0v) is 12.1. The molecular weight excluding hydrogens is 274 g/mol. The molecule has 0 aromatic heterocycles. The highest BCUT2D eigenvalue weighted by Crippen LogP contribution is 2.27. The quantitative estimate of drug-likeness (QED) is 0.880. The molecule has 0 radical (unpaired) electrons. The van der Waals surface area contributed by atoms with Gasteiger partial charge < -0.3 is 15.2 Å². The Morgan fingerprint density at radius 2 is 1.70 bits per heavy atom. The molecule has 1 unspecified atom stereocenters. The summed E-state index contributed by atoms with van der Waals surface area (Å²) in [4.78, 5) is 0. The topological polar surface area (TPSA) is 44.5 Å². The third-order valence-corrected chi connectivity index (χ3v) is 3.22. The van der Waals surface area contributed by atoms with Crippen molar-refractivity contribution in [3.63, 3.8) is 0 Å². The Labute approximate surface area is 124 Å². The van der Waals surface area contributed by atoms with Gasteiger partial charge in [0.1, 0.15) is 17.6 Å². The maximum absolute atomic E-state index is 6.17. The van der Waals surface area contributed by atoms with Crippen molar-refractivity contribution < 1.29 is 9.47 Å². The van der Waals surface area contributed by atoms with Gasteiger partial charge in [0.15, 0.2) is 0 Å². The minimum atomic E-state index is -0.262. The van der Waals surface area contributed by atoms with E-state index in [1.165, 1.54) is 0 Å². The van der Waals surface area contributed by atoms with Gasteiger partial charge in [-0.15, -0.1) is 0 Å². The number of benzene rings is 2. The zero-order valence-electron chi connectivity index (χ0n) is 11.4. The van der Waals surface area contributed by atoms with Crippen LogP contribution in [0.5, 0.6) is 11.5 Å². The van der Waals surface area contributed by atoms with Crippen molar-refractivity contribution in [2.75, 3.05) is 13.2 Å². The van der Waals surface area contributed by atoms with Crippen LogP contribution in [-0.4, -0.2) is 13.2 Å². The molecule has 3 nitrogen and oxygen atoms in total. The fourth-order valence-corrected chi connectivity index (χ4v) is 2.18. The molecule has 0 bridgehead atoms. The molecule has 0 aliphatic carbocycles. The molecule has 106 valence electrons. The van der Waals surface area contributed by atoms with Crippen LogP contribution in [0.2, 0.25) is 5.02 Å². The summed E-state index contributed by atoms with van der Waals surface area (Å²) >= 11 is 6.17. The van der Waals surface area contributed by atoms with Crippen LogP contribution in [-0.2, 0) is 0 Å². The molecule has 4 heteroatoms. The molecule has 2 rings (SSSR count). The van der Waals surface area contributed by atoms with Crippen molar-refractivity contribution in [3.05, 3.63) is 59.1 Å². The highest BCUT2D eigenvalue weighted by atomic mass is 35.5. The highest BCUT2D eigenvalue weighted by Gasteiger charge is 2.14. The predicted octanol–water partition coefficient (Wildman–Crippen LogP) is 3.82. The zero-order chi connectivity index (χ0) is 14.4. The summed E-state index contributed by atoms with van der Waals surface area (Å²) in [6.45, 7) is 2.95. The molecule has 2 aromatic carbocycles. The summed E-state index contributed by atoms with van der Waals surface area (Å²) in [6, 6.07) is 15.0. The lowest BCUT2D eigenvalue weighted by molar-refractivity contribution is 0.214. The average Bonchev–Trinajstić information content (AvgIpc) is 2.48. The van der Waals surface area contributed by atoms with Gasteiger partial charge >= 0.3 is 0 Å². The molecule has 0 aliphatic heterocycles. The average molecular weight is 292 g/mol. The molecule has 2 aromatic rings. The molecular formula is C16H18ClNO2. The van der Waals surface area contributed by atoms with Gasteiger partial charge in [0.05, 0.1) is 6.61 Å². The number of hydrogen-bond acceptors (Lipinski definition) is 3. The molecule has 2 N–H and O–H groups in total. The molecule has 0 saturated heterocycles. The van der Waals surface area contributed by atoms with E-state index in [1.807, 2.05) is 55.5 Å². The Balaban J connectivity index is 2.12. The maximum Gasteiger partial charge on any atom is 0.137 e. The standard InChI is InChI=1S/C16H18ClNO2/c1-2-19-12-7-9-13(10-8-12)20-16(11-18)14-5-3-4-6-15(14)17/h3-10,16H,2,11,18H2,1H3. The molecule has 0 saturated carbocycles. The van der Waals surface area contributed by atoms with E-state index >= 15 is 0 Å². The van der Waals surface area contributed by atoms with Gasteiger partial charge in [-0.3, -0.25) is 0 Å². The number of rotatable bonds is 6. The molecule has 0 amide bonds. The van der Waals surface area contributed by atoms with E-state index in [0.29, 0.717) is 18.2 Å². The maximum atomic E-state index is 6.17. The van der Waals surface area contributed by atoms with E-state index in [1.54, 1.807) is 0 Å². The highest BCUT2D eigenvalue weighted by molar-refractivity contribution is 6.31. The van der Waals surface area contributed by atoms with Gasteiger partial charge in [-0.05, 0) is 37.3 Å². The van der Waals surface area contributed by atoms with Crippen molar-refractivity contribution in [2.45, 2.75) is 13.0 Å². The van der Waals surface area contributed by atoms with Crippen LogP contribution in [0.1, 0.15) is 18.6 Å². The molecule has 0 aliphatic rings. The molecule has 1 atom stereocenters. The summed E-state index contributed by atoms with van der Waals surface area (Å²) in [5.41, 5.74) is 6.68. The SMILES string of the molecule is CCOc1ccc(OC(CN)c2ccccc2Cl)cc1. The van der Waals surface area contributed by atoms with Crippen LogP contribution in [0, 0.1) is 0 Å². The second-order valence-corrected chi connectivity index (χ2v) is 4.68. The first kappa shape index (κ1) is 14.7. The Hall–Kier alpha value is -1.71. The van der Waals surface area contributed by atoms with E-state index in [4.69, 9.17) is 26.8 Å². The third-order valence-electron chi connectivity index (χ3n) is 2.88. The van der Waals surface area contributed by atoms with Crippen molar-refractivity contribution in [2.24, 2.45) is 5.73 Å². The monoisotopic (exact) mass is 291 g/mol. The lowest BCUT2D eigenvalue weighted by atomic mass is 10.1. The van der Waals surface area contributed by atoms with E-state index in [0.717, 1.165) is 17.1 Å². The molecule has 20 heavy (non-hydrogen) atoms. The van der Waals surface area contributed by atoms with Crippen molar-refractivity contribution >= 4 is 11.6 Å². The fraction of sp³-hybridized carbons (Fsp3) is 0.250. The van der Waals surface area contributed by atoms with Gasteiger partial charge in [0, 0.05) is 17.1 Å². The second-order valence-electron chi connectivity index (χ2n) is 4.27. The van der Waals surface area contributed by atoms with Crippen LogP contribution >= 0.6 is 11.6 Å². The van der Waals surface area contributed by atoms with Gasteiger partial charge in [0.2, 0.25) is 0 Å². The van der Waals surface area contributed by atoms with E-state index in [9.17, 15) is 0 Å². The minimum absolute atomic E-state index is 0.262. The number of nitrogens with two attached hydrogens (primary N) is 1. The van der Waals surface area contributed by atoms with Gasteiger partial charge in [-0.25, -0.2) is 0 Å². The van der Waals surface area contributed by atoms with E-state index < -0.39 is 0 Å². The van der Waals surface area contributed by atoms with Gasteiger partial charge in [-0.2, -0.15) is 0 Å². The molecule has 0 heterocycles. The first-order chi connectivity index (χ1) is 9.74. The lowest BCUT2D eigenvalue weighted by Gasteiger charge is -2.19. The van der Waals surface area contributed by atoms with Crippen molar-refractivity contribution in [1.82, 2.24) is 0 Å². The van der Waals surface area contributed by atoms with Gasteiger partial charge in [0.25, 0.3) is 0 Å². The summed E-state index contributed by atoms with van der Waals surface area (Å²) < 4.78 is 11.3. The normalized spacial score (nSPS) is 11.9. The minimum Gasteiger partial charge on any atom is -0.494 e. The summed E-state index contributed by atoms with van der Waals surface area (Å²) in [5.74, 6) is 1.56. The predicted molar refractivity (Wildman–Crippen MR) is 81.5 cm³/mol. The Morgan fingerprint density at radius 1 is 1.05 bits per heavy atom. The number of halogens is 1. The third kappa shape index (κ3) is 3.65. The first-order valence-electron chi connectivity index (χ1n) is 6.58.